The molecule has 0 N–H and O–H groups in total. The third kappa shape index (κ3) is 27.3. The van der Waals surface area contributed by atoms with E-state index in [1.165, 1.54) is 244 Å². The summed E-state index contributed by atoms with van der Waals surface area (Å²) in [6.07, 6.45) is 57.4. The number of unbranched alkanes of at least 4 members (excludes halogenated alkanes) is 32. The molecule has 0 spiro atoms. The predicted molar refractivity (Wildman–Crippen MR) is 210 cm³/mol. The molecule has 0 aliphatic carbocycles. The summed E-state index contributed by atoms with van der Waals surface area (Å²) in [6, 6.07) is 0. The molecule has 0 saturated heterocycles. The predicted octanol–water partition coefficient (Wildman–Crippen LogP) is 15.5. The highest BCUT2D eigenvalue weighted by molar-refractivity contribution is 4.97. The number of rotatable bonds is 38. The van der Waals surface area contributed by atoms with Crippen molar-refractivity contribution in [2.75, 3.05) is 13.1 Å². The summed E-state index contributed by atoms with van der Waals surface area (Å²) in [5.74, 6) is 0. The fourth-order valence-electron chi connectivity index (χ4n) is 7.60. The van der Waals surface area contributed by atoms with Crippen LogP contribution in [-0.4, -0.2) is 29.1 Å². The first-order valence-electron chi connectivity index (χ1n) is 22.0. The average molecular weight is 645 g/mol. The molecular weight excluding hydrogens is 556 g/mol. The van der Waals surface area contributed by atoms with E-state index in [0.717, 1.165) is 0 Å². The molecule has 274 valence electrons. The normalized spacial score (nSPS) is 14.7. The number of hydrogen-bond acceptors (Lipinski definition) is 2. The zero-order valence-corrected chi connectivity index (χ0v) is 32.5. The molecule has 2 heteroatoms. The maximum atomic E-state index is 2.72. The first-order valence-corrected chi connectivity index (χ1v) is 22.0. The molecule has 0 aromatic carbocycles. The second-order valence-electron chi connectivity index (χ2n) is 15.4. The third-order valence-corrected chi connectivity index (χ3v) is 10.8. The number of hydrogen-bond donors (Lipinski definition) is 0. The highest BCUT2D eigenvalue weighted by Gasteiger charge is 2.24. The van der Waals surface area contributed by atoms with Crippen molar-refractivity contribution in [3.05, 3.63) is 12.4 Å². The smallest absolute Gasteiger partial charge is 0.101 e. The van der Waals surface area contributed by atoms with Crippen LogP contribution in [-0.2, 0) is 0 Å². The van der Waals surface area contributed by atoms with Gasteiger partial charge in [-0.05, 0) is 25.7 Å². The van der Waals surface area contributed by atoms with E-state index in [1.54, 1.807) is 0 Å². The van der Waals surface area contributed by atoms with E-state index >= 15 is 0 Å². The van der Waals surface area contributed by atoms with Gasteiger partial charge in [0.25, 0.3) is 0 Å². The Labute approximate surface area is 292 Å². The quantitative estimate of drug-likeness (QED) is 0.0617. The Bertz CT molecular complexity index is 601. The molecule has 0 radical (unpaired) electrons. The largest absolute Gasteiger partial charge is 0.356 e. The van der Waals surface area contributed by atoms with Crippen molar-refractivity contribution in [1.82, 2.24) is 9.80 Å². The van der Waals surface area contributed by atoms with Gasteiger partial charge in [0.1, 0.15) is 6.17 Å². The monoisotopic (exact) mass is 645 g/mol. The van der Waals surface area contributed by atoms with Crippen molar-refractivity contribution in [1.29, 1.82) is 0 Å². The Kier molecular flexibility index (Phi) is 33.6. The molecule has 1 rings (SSSR count). The standard InChI is InChI=1S/C44H88N2/c1-4-7-10-13-16-18-20-22-24-25-27-29-31-33-36-39-44-45(40-37-34-15-12-9-6-3)42-43-46(44)41-38-35-32-30-28-26-23-21-19-17-14-11-8-5-2/h42-44H,4-41H2,1-3H3. The van der Waals surface area contributed by atoms with E-state index in [2.05, 4.69) is 43.0 Å². The molecular formula is C44H88N2. The maximum Gasteiger partial charge on any atom is 0.101 e. The van der Waals surface area contributed by atoms with E-state index < -0.39 is 0 Å². The van der Waals surface area contributed by atoms with E-state index in [9.17, 15) is 0 Å². The SMILES string of the molecule is CCCCCCCCCCCCCCCCCC1N(CCCCCCCC)C=CN1CCCCCCCCCCCCCCCC. The Morgan fingerprint density at radius 1 is 0.283 bits per heavy atom. The van der Waals surface area contributed by atoms with E-state index in [4.69, 9.17) is 0 Å². The van der Waals surface area contributed by atoms with Crippen LogP contribution in [0.1, 0.15) is 252 Å². The fraction of sp³-hybridized carbons (Fsp3) is 0.955. The van der Waals surface area contributed by atoms with Gasteiger partial charge in [-0.3, -0.25) is 0 Å². The van der Waals surface area contributed by atoms with Gasteiger partial charge in [0.05, 0.1) is 0 Å². The zero-order chi connectivity index (χ0) is 33.0. The third-order valence-electron chi connectivity index (χ3n) is 10.8. The van der Waals surface area contributed by atoms with Gasteiger partial charge in [-0.25, -0.2) is 0 Å². The van der Waals surface area contributed by atoms with E-state index in [-0.39, 0.29) is 0 Å². The van der Waals surface area contributed by atoms with Crippen molar-refractivity contribution >= 4 is 0 Å². The van der Waals surface area contributed by atoms with Gasteiger partial charge in [0.2, 0.25) is 0 Å². The highest BCUT2D eigenvalue weighted by Crippen LogP contribution is 2.24. The van der Waals surface area contributed by atoms with Crippen LogP contribution in [0, 0.1) is 0 Å². The van der Waals surface area contributed by atoms with Crippen LogP contribution < -0.4 is 0 Å². The van der Waals surface area contributed by atoms with Crippen molar-refractivity contribution < 1.29 is 0 Å². The summed E-state index contributed by atoms with van der Waals surface area (Å²) in [5.41, 5.74) is 0. The minimum Gasteiger partial charge on any atom is -0.356 e. The molecule has 1 aliphatic heterocycles. The molecule has 1 aliphatic rings. The Morgan fingerprint density at radius 3 is 0.761 bits per heavy atom. The average Bonchev–Trinajstić information content (AvgIpc) is 3.45. The summed E-state index contributed by atoms with van der Waals surface area (Å²) < 4.78 is 0. The summed E-state index contributed by atoms with van der Waals surface area (Å²) in [4.78, 5) is 5.44. The molecule has 46 heavy (non-hydrogen) atoms. The Balaban J connectivity index is 2.14. The Hall–Kier alpha value is -0.660. The molecule has 1 atom stereocenters. The second-order valence-corrected chi connectivity index (χ2v) is 15.4. The van der Waals surface area contributed by atoms with Gasteiger partial charge < -0.3 is 9.80 Å². The molecule has 0 aromatic heterocycles. The Morgan fingerprint density at radius 2 is 0.500 bits per heavy atom. The molecule has 0 bridgehead atoms. The number of nitrogens with zero attached hydrogens (tertiary/aromatic N) is 2. The van der Waals surface area contributed by atoms with Gasteiger partial charge in [-0.2, -0.15) is 0 Å². The summed E-state index contributed by atoms with van der Waals surface area (Å²) in [7, 11) is 0. The molecule has 2 nitrogen and oxygen atoms in total. The fourth-order valence-corrected chi connectivity index (χ4v) is 7.60. The summed E-state index contributed by atoms with van der Waals surface area (Å²) in [6.45, 7) is 9.49. The van der Waals surface area contributed by atoms with Crippen molar-refractivity contribution in [2.24, 2.45) is 0 Å². The molecule has 1 unspecified atom stereocenters. The van der Waals surface area contributed by atoms with Crippen LogP contribution in [0.4, 0.5) is 0 Å². The van der Waals surface area contributed by atoms with Gasteiger partial charge in [0.15, 0.2) is 0 Å². The molecule has 0 saturated carbocycles. The van der Waals surface area contributed by atoms with E-state index in [1.807, 2.05) is 0 Å². The highest BCUT2D eigenvalue weighted by atomic mass is 15.4. The lowest BCUT2D eigenvalue weighted by atomic mass is 10.0. The molecule has 0 fully saturated rings. The zero-order valence-electron chi connectivity index (χ0n) is 32.5. The van der Waals surface area contributed by atoms with Crippen molar-refractivity contribution in [2.45, 2.75) is 258 Å². The topological polar surface area (TPSA) is 6.48 Å². The minimum absolute atomic E-state index is 0.639. The lowest BCUT2D eigenvalue weighted by Crippen LogP contribution is -2.39. The van der Waals surface area contributed by atoms with Crippen LogP contribution in [0.25, 0.3) is 0 Å². The van der Waals surface area contributed by atoms with Crippen LogP contribution in [0.15, 0.2) is 12.4 Å². The second kappa shape index (κ2) is 35.6. The molecule has 0 amide bonds. The van der Waals surface area contributed by atoms with Crippen LogP contribution in [0.5, 0.6) is 0 Å². The molecule has 0 aromatic rings. The van der Waals surface area contributed by atoms with Gasteiger partial charge in [0, 0.05) is 25.5 Å². The van der Waals surface area contributed by atoms with Crippen LogP contribution >= 0.6 is 0 Å². The minimum atomic E-state index is 0.639. The maximum absolute atomic E-state index is 2.72. The van der Waals surface area contributed by atoms with Gasteiger partial charge >= 0.3 is 0 Å². The first kappa shape index (κ1) is 43.4. The lowest BCUT2D eigenvalue weighted by Gasteiger charge is -2.33. The van der Waals surface area contributed by atoms with Crippen molar-refractivity contribution in [3.8, 4) is 0 Å². The van der Waals surface area contributed by atoms with E-state index in [0.29, 0.717) is 6.17 Å². The van der Waals surface area contributed by atoms with Gasteiger partial charge in [-0.1, -0.05) is 226 Å². The van der Waals surface area contributed by atoms with Crippen LogP contribution in [0.3, 0.4) is 0 Å². The van der Waals surface area contributed by atoms with Gasteiger partial charge in [-0.15, -0.1) is 0 Å². The summed E-state index contributed by atoms with van der Waals surface area (Å²) >= 11 is 0. The van der Waals surface area contributed by atoms with Crippen LogP contribution in [0.2, 0.25) is 0 Å². The summed E-state index contributed by atoms with van der Waals surface area (Å²) in [5, 5.41) is 0. The van der Waals surface area contributed by atoms with Crippen molar-refractivity contribution in [3.63, 3.8) is 0 Å². The molecule has 1 heterocycles. The lowest BCUT2D eigenvalue weighted by molar-refractivity contribution is 0.135. The first-order chi connectivity index (χ1) is 22.8.